The van der Waals surface area contributed by atoms with Crippen LogP contribution in [-0.4, -0.2) is 16.3 Å². The maximum atomic E-state index is 9.58. The average Bonchev–Trinajstić information content (AvgIpc) is 2.56. The van der Waals surface area contributed by atoms with Gasteiger partial charge in [-0.25, -0.2) is 0 Å². The van der Waals surface area contributed by atoms with Gasteiger partial charge in [-0.3, -0.25) is 0 Å². The molecule has 0 aliphatic heterocycles. The molecule has 0 heterocycles. The zero-order valence-electron chi connectivity index (χ0n) is 12.5. The highest BCUT2D eigenvalue weighted by Crippen LogP contribution is 2.32. The quantitative estimate of drug-likeness (QED) is 0.785. The SMILES string of the molecule is Oc1ccc(C#Cc2ccc(C3CCC(O)CC3)cc2)cc1. The van der Waals surface area contributed by atoms with E-state index in [1.54, 1.807) is 12.1 Å². The molecular formula is C20H20O2. The van der Waals surface area contributed by atoms with E-state index in [-0.39, 0.29) is 11.9 Å². The number of rotatable bonds is 1. The van der Waals surface area contributed by atoms with Gasteiger partial charge in [-0.05, 0) is 73.6 Å². The Kier molecular flexibility index (Phi) is 4.46. The smallest absolute Gasteiger partial charge is 0.115 e. The molecule has 22 heavy (non-hydrogen) atoms. The number of aliphatic hydroxyl groups excluding tert-OH is 1. The molecule has 2 aromatic rings. The van der Waals surface area contributed by atoms with Crippen molar-refractivity contribution in [3.63, 3.8) is 0 Å². The molecular weight excluding hydrogens is 272 g/mol. The zero-order valence-corrected chi connectivity index (χ0v) is 12.5. The molecule has 0 spiro atoms. The fourth-order valence-corrected chi connectivity index (χ4v) is 2.94. The van der Waals surface area contributed by atoms with Crippen molar-refractivity contribution in [2.45, 2.75) is 37.7 Å². The van der Waals surface area contributed by atoms with Crippen LogP contribution in [0.15, 0.2) is 48.5 Å². The summed E-state index contributed by atoms with van der Waals surface area (Å²) in [4.78, 5) is 0. The van der Waals surface area contributed by atoms with E-state index in [1.807, 2.05) is 12.1 Å². The van der Waals surface area contributed by atoms with Gasteiger partial charge >= 0.3 is 0 Å². The van der Waals surface area contributed by atoms with Gasteiger partial charge in [0.1, 0.15) is 5.75 Å². The predicted octanol–water partition coefficient (Wildman–Crippen LogP) is 3.81. The highest BCUT2D eigenvalue weighted by molar-refractivity contribution is 5.44. The Morgan fingerprint density at radius 3 is 1.77 bits per heavy atom. The van der Waals surface area contributed by atoms with E-state index < -0.39 is 0 Å². The summed E-state index contributed by atoms with van der Waals surface area (Å²) in [5.41, 5.74) is 3.23. The summed E-state index contributed by atoms with van der Waals surface area (Å²) in [6.45, 7) is 0. The Morgan fingerprint density at radius 2 is 1.23 bits per heavy atom. The van der Waals surface area contributed by atoms with Gasteiger partial charge < -0.3 is 10.2 Å². The first-order chi connectivity index (χ1) is 10.7. The summed E-state index contributed by atoms with van der Waals surface area (Å²) in [6.07, 6.45) is 3.85. The maximum absolute atomic E-state index is 9.58. The molecule has 1 aliphatic carbocycles. The molecule has 2 nitrogen and oxygen atoms in total. The number of aromatic hydroxyl groups is 1. The van der Waals surface area contributed by atoms with Crippen molar-refractivity contribution in [1.29, 1.82) is 0 Å². The molecule has 1 aliphatic rings. The molecule has 112 valence electrons. The van der Waals surface area contributed by atoms with Crippen molar-refractivity contribution in [3.05, 3.63) is 65.2 Å². The summed E-state index contributed by atoms with van der Waals surface area (Å²) < 4.78 is 0. The van der Waals surface area contributed by atoms with E-state index in [1.165, 1.54) is 5.56 Å². The van der Waals surface area contributed by atoms with Crippen LogP contribution in [0.4, 0.5) is 0 Å². The topological polar surface area (TPSA) is 40.5 Å². The molecule has 0 saturated heterocycles. The van der Waals surface area contributed by atoms with Crippen LogP contribution in [0.5, 0.6) is 5.75 Å². The number of aliphatic hydroxyl groups is 1. The first-order valence-electron chi connectivity index (χ1n) is 7.80. The van der Waals surface area contributed by atoms with Gasteiger partial charge in [0.05, 0.1) is 6.10 Å². The van der Waals surface area contributed by atoms with Crippen LogP contribution in [0.25, 0.3) is 0 Å². The van der Waals surface area contributed by atoms with Crippen LogP contribution in [0.2, 0.25) is 0 Å². The predicted molar refractivity (Wildman–Crippen MR) is 87.7 cm³/mol. The molecule has 0 bridgehead atoms. The van der Waals surface area contributed by atoms with Crippen molar-refractivity contribution < 1.29 is 10.2 Å². The molecule has 2 aromatic carbocycles. The molecule has 0 atom stereocenters. The molecule has 2 heteroatoms. The lowest BCUT2D eigenvalue weighted by Crippen LogP contribution is -2.16. The minimum atomic E-state index is -0.105. The van der Waals surface area contributed by atoms with E-state index in [4.69, 9.17) is 0 Å². The molecule has 0 amide bonds. The van der Waals surface area contributed by atoms with E-state index in [0.29, 0.717) is 5.92 Å². The van der Waals surface area contributed by atoms with Crippen LogP contribution < -0.4 is 0 Å². The third-order valence-electron chi connectivity index (χ3n) is 4.30. The number of phenols is 1. The fraction of sp³-hybridized carbons (Fsp3) is 0.300. The van der Waals surface area contributed by atoms with Gasteiger partial charge in [-0.2, -0.15) is 0 Å². The van der Waals surface area contributed by atoms with Crippen molar-refractivity contribution >= 4 is 0 Å². The van der Waals surface area contributed by atoms with Gasteiger partial charge in [0.15, 0.2) is 0 Å². The third kappa shape index (κ3) is 3.69. The first kappa shape index (κ1) is 14.7. The standard InChI is InChI=1S/C20H20O2/c21-19-11-5-16(6-12-19)2-1-15-3-7-17(8-4-15)18-9-13-20(22)14-10-18/h3-8,11-12,18,20-22H,9-10,13-14H2. The molecule has 0 radical (unpaired) electrons. The monoisotopic (exact) mass is 292 g/mol. The third-order valence-corrected chi connectivity index (χ3v) is 4.30. The van der Waals surface area contributed by atoms with Gasteiger partial charge in [-0.1, -0.05) is 24.0 Å². The highest BCUT2D eigenvalue weighted by atomic mass is 16.3. The highest BCUT2D eigenvalue weighted by Gasteiger charge is 2.20. The molecule has 1 fully saturated rings. The Morgan fingerprint density at radius 1 is 0.727 bits per heavy atom. The van der Waals surface area contributed by atoms with E-state index in [9.17, 15) is 10.2 Å². The summed E-state index contributed by atoms with van der Waals surface area (Å²) in [5.74, 6) is 7.07. The second-order valence-corrected chi connectivity index (χ2v) is 5.92. The minimum Gasteiger partial charge on any atom is -0.508 e. The largest absolute Gasteiger partial charge is 0.508 e. The lowest BCUT2D eigenvalue weighted by Gasteiger charge is -2.25. The normalized spacial score (nSPS) is 21.0. The number of hydrogen-bond donors (Lipinski definition) is 2. The van der Waals surface area contributed by atoms with Crippen molar-refractivity contribution in [2.24, 2.45) is 0 Å². The Labute approximate surface area is 131 Å². The second-order valence-electron chi connectivity index (χ2n) is 5.92. The van der Waals surface area contributed by atoms with Crippen molar-refractivity contribution in [3.8, 4) is 17.6 Å². The minimum absolute atomic E-state index is 0.105. The molecule has 3 rings (SSSR count). The number of phenolic OH excluding ortho intramolecular Hbond substituents is 1. The van der Waals surface area contributed by atoms with Crippen molar-refractivity contribution in [1.82, 2.24) is 0 Å². The zero-order chi connectivity index (χ0) is 15.4. The summed E-state index contributed by atoms with van der Waals surface area (Å²) in [6, 6.07) is 15.3. The Bertz CT molecular complexity index is 666. The van der Waals surface area contributed by atoms with Crippen molar-refractivity contribution in [2.75, 3.05) is 0 Å². The lowest BCUT2D eigenvalue weighted by atomic mass is 9.82. The fourth-order valence-electron chi connectivity index (χ4n) is 2.94. The van der Waals surface area contributed by atoms with Gasteiger partial charge in [0, 0.05) is 11.1 Å². The molecule has 1 saturated carbocycles. The Balaban J connectivity index is 1.68. The van der Waals surface area contributed by atoms with Crippen LogP contribution in [0.3, 0.4) is 0 Å². The summed E-state index contributed by atoms with van der Waals surface area (Å²) in [7, 11) is 0. The number of hydrogen-bond acceptors (Lipinski definition) is 2. The first-order valence-corrected chi connectivity index (χ1v) is 7.80. The van der Waals surface area contributed by atoms with Gasteiger partial charge in [0.2, 0.25) is 0 Å². The van der Waals surface area contributed by atoms with Crippen LogP contribution in [-0.2, 0) is 0 Å². The maximum Gasteiger partial charge on any atom is 0.115 e. The van der Waals surface area contributed by atoms with E-state index >= 15 is 0 Å². The molecule has 0 unspecified atom stereocenters. The van der Waals surface area contributed by atoms with E-state index in [0.717, 1.165) is 36.8 Å². The molecule has 0 aromatic heterocycles. The van der Waals surface area contributed by atoms with Crippen LogP contribution in [0.1, 0.15) is 48.3 Å². The second kappa shape index (κ2) is 6.68. The van der Waals surface area contributed by atoms with Crippen LogP contribution >= 0.6 is 0 Å². The Hall–Kier alpha value is -2.24. The van der Waals surface area contributed by atoms with Gasteiger partial charge in [-0.15, -0.1) is 0 Å². The summed E-state index contributed by atoms with van der Waals surface area (Å²) >= 11 is 0. The van der Waals surface area contributed by atoms with Gasteiger partial charge in [0.25, 0.3) is 0 Å². The van der Waals surface area contributed by atoms with E-state index in [2.05, 4.69) is 36.1 Å². The molecule has 2 N–H and O–H groups in total. The average molecular weight is 292 g/mol. The summed E-state index contributed by atoms with van der Waals surface area (Å²) in [5, 5.41) is 18.8. The number of benzene rings is 2. The lowest BCUT2D eigenvalue weighted by molar-refractivity contribution is 0.122. The van der Waals surface area contributed by atoms with Crippen LogP contribution in [0, 0.1) is 11.8 Å².